The van der Waals surface area contributed by atoms with E-state index in [1.807, 2.05) is 42.5 Å². The molecule has 2 aromatic rings. The highest BCUT2D eigenvalue weighted by atomic mass is 28.4. The molecule has 0 N–H and O–H groups in total. The van der Waals surface area contributed by atoms with Crippen molar-refractivity contribution >= 4 is 14.1 Å². The Labute approximate surface area is 145 Å². The van der Waals surface area contributed by atoms with E-state index >= 15 is 0 Å². The second kappa shape index (κ2) is 7.60. The standard InChI is InChI=1S/C20H24O3Si/c1-15(19(21)16-9-7-6-8-10-16)20(23-24(3,4)5)17-11-13-18(22-2)14-12-17/h6-14,20H,1H2,2-5H3. The lowest BCUT2D eigenvalue weighted by atomic mass is 9.96. The van der Waals surface area contributed by atoms with E-state index in [4.69, 9.17) is 9.16 Å². The number of hydrogen-bond acceptors (Lipinski definition) is 3. The van der Waals surface area contributed by atoms with Gasteiger partial charge in [0.15, 0.2) is 14.1 Å². The van der Waals surface area contributed by atoms with Crippen LogP contribution in [0.4, 0.5) is 0 Å². The van der Waals surface area contributed by atoms with Crippen LogP contribution in [0.25, 0.3) is 0 Å². The predicted molar refractivity (Wildman–Crippen MR) is 100 cm³/mol. The minimum atomic E-state index is -1.88. The van der Waals surface area contributed by atoms with Gasteiger partial charge in [-0.3, -0.25) is 4.79 Å². The number of Topliss-reactive ketones (excluding diaryl/α,β-unsaturated/α-hetero) is 1. The fraction of sp³-hybridized carbons (Fsp3) is 0.250. The Balaban J connectivity index is 2.34. The first kappa shape index (κ1) is 18.2. The van der Waals surface area contributed by atoms with Crippen LogP contribution in [0.3, 0.4) is 0 Å². The van der Waals surface area contributed by atoms with Gasteiger partial charge in [0.1, 0.15) is 5.75 Å². The molecule has 1 unspecified atom stereocenters. The van der Waals surface area contributed by atoms with Gasteiger partial charge in [0.05, 0.1) is 13.2 Å². The first-order valence-corrected chi connectivity index (χ1v) is 11.3. The van der Waals surface area contributed by atoms with Crippen LogP contribution in [0.1, 0.15) is 22.0 Å². The summed E-state index contributed by atoms with van der Waals surface area (Å²) in [5.74, 6) is 0.681. The second-order valence-corrected chi connectivity index (χ2v) is 11.1. The summed E-state index contributed by atoms with van der Waals surface area (Å²) < 4.78 is 11.5. The fourth-order valence-electron chi connectivity index (χ4n) is 2.37. The van der Waals surface area contributed by atoms with Crippen molar-refractivity contribution in [1.29, 1.82) is 0 Å². The molecule has 0 amide bonds. The minimum Gasteiger partial charge on any atom is -0.497 e. The van der Waals surface area contributed by atoms with Crippen LogP contribution in [0.2, 0.25) is 19.6 Å². The zero-order chi connectivity index (χ0) is 17.7. The molecule has 1 atom stereocenters. The Hall–Kier alpha value is -2.17. The molecule has 0 radical (unpaired) electrons. The van der Waals surface area contributed by atoms with E-state index < -0.39 is 14.4 Å². The van der Waals surface area contributed by atoms with Crippen molar-refractivity contribution in [3.63, 3.8) is 0 Å². The normalized spacial score (nSPS) is 12.5. The summed E-state index contributed by atoms with van der Waals surface area (Å²) in [5.41, 5.74) is 1.99. The molecule has 3 nitrogen and oxygen atoms in total. The van der Waals surface area contributed by atoms with Crippen LogP contribution in [0.5, 0.6) is 5.75 Å². The number of methoxy groups -OCH3 is 1. The Bertz CT molecular complexity index is 700. The second-order valence-electron chi connectivity index (χ2n) is 6.60. The summed E-state index contributed by atoms with van der Waals surface area (Å²) in [6.45, 7) is 10.4. The molecule has 0 aliphatic rings. The fourth-order valence-corrected chi connectivity index (χ4v) is 3.35. The summed E-state index contributed by atoms with van der Waals surface area (Å²) in [4.78, 5) is 12.8. The van der Waals surface area contributed by atoms with E-state index in [-0.39, 0.29) is 5.78 Å². The number of ketones is 1. The van der Waals surface area contributed by atoms with Crippen LogP contribution in [0.15, 0.2) is 66.7 Å². The number of carbonyl (C=O) groups excluding carboxylic acids is 1. The summed E-state index contributed by atoms with van der Waals surface area (Å²) in [6, 6.07) is 16.8. The molecule has 2 aromatic carbocycles. The van der Waals surface area contributed by atoms with Gasteiger partial charge in [-0.2, -0.15) is 0 Å². The van der Waals surface area contributed by atoms with E-state index in [0.29, 0.717) is 11.1 Å². The molecule has 0 heterocycles. The van der Waals surface area contributed by atoms with Crippen molar-refractivity contribution in [2.45, 2.75) is 25.7 Å². The molecular weight excluding hydrogens is 316 g/mol. The summed E-state index contributed by atoms with van der Waals surface area (Å²) >= 11 is 0. The lowest BCUT2D eigenvalue weighted by Gasteiger charge is -2.28. The van der Waals surface area contributed by atoms with E-state index in [9.17, 15) is 4.79 Å². The van der Waals surface area contributed by atoms with Gasteiger partial charge in [-0.15, -0.1) is 0 Å². The maximum absolute atomic E-state index is 12.8. The Kier molecular flexibility index (Phi) is 5.75. The topological polar surface area (TPSA) is 35.5 Å². The molecule has 0 saturated heterocycles. The zero-order valence-corrected chi connectivity index (χ0v) is 15.7. The van der Waals surface area contributed by atoms with Crippen LogP contribution in [-0.2, 0) is 4.43 Å². The maximum Gasteiger partial charge on any atom is 0.191 e. The number of benzene rings is 2. The zero-order valence-electron chi connectivity index (χ0n) is 14.7. The van der Waals surface area contributed by atoms with Crippen molar-refractivity contribution in [1.82, 2.24) is 0 Å². The lowest BCUT2D eigenvalue weighted by molar-refractivity contribution is 0.0995. The molecule has 0 aromatic heterocycles. The summed E-state index contributed by atoms with van der Waals surface area (Å²) in [6.07, 6.45) is -0.449. The first-order chi connectivity index (χ1) is 11.3. The predicted octanol–water partition coefficient (Wildman–Crippen LogP) is 5.03. The summed E-state index contributed by atoms with van der Waals surface area (Å²) in [5, 5.41) is 0. The average molecular weight is 340 g/mol. The Morgan fingerprint density at radius 1 is 1.00 bits per heavy atom. The lowest BCUT2D eigenvalue weighted by Crippen LogP contribution is -2.30. The molecule has 4 heteroatoms. The maximum atomic E-state index is 12.8. The molecule has 0 saturated carbocycles. The van der Waals surface area contributed by atoms with Gasteiger partial charge in [0.2, 0.25) is 0 Å². The van der Waals surface area contributed by atoms with E-state index in [1.54, 1.807) is 19.2 Å². The molecule has 0 bridgehead atoms. The third-order valence-electron chi connectivity index (χ3n) is 3.53. The minimum absolute atomic E-state index is 0.0883. The van der Waals surface area contributed by atoms with Gasteiger partial charge in [-0.05, 0) is 37.3 Å². The van der Waals surface area contributed by atoms with Crippen molar-refractivity contribution in [3.05, 3.63) is 77.9 Å². The van der Waals surface area contributed by atoms with Gasteiger partial charge >= 0.3 is 0 Å². The number of ether oxygens (including phenoxy) is 1. The number of carbonyl (C=O) groups is 1. The SMILES string of the molecule is C=C(C(=O)c1ccccc1)C(O[Si](C)(C)C)c1ccc(OC)cc1. The summed E-state index contributed by atoms with van der Waals surface area (Å²) in [7, 11) is -0.251. The van der Waals surface area contributed by atoms with Gasteiger partial charge in [-0.25, -0.2) is 0 Å². The molecule has 24 heavy (non-hydrogen) atoms. The highest BCUT2D eigenvalue weighted by molar-refractivity contribution is 6.69. The van der Waals surface area contributed by atoms with Gasteiger partial charge < -0.3 is 9.16 Å². The number of hydrogen-bond donors (Lipinski definition) is 0. The quantitative estimate of drug-likeness (QED) is 0.403. The molecule has 0 spiro atoms. The molecular formula is C20H24O3Si. The van der Waals surface area contributed by atoms with Gasteiger partial charge in [0, 0.05) is 11.1 Å². The van der Waals surface area contributed by atoms with Crippen LogP contribution in [-0.4, -0.2) is 21.2 Å². The Morgan fingerprint density at radius 2 is 1.58 bits per heavy atom. The third-order valence-corrected chi connectivity index (χ3v) is 4.48. The first-order valence-electron chi connectivity index (χ1n) is 7.92. The van der Waals surface area contributed by atoms with E-state index in [2.05, 4.69) is 26.2 Å². The Morgan fingerprint density at radius 3 is 2.08 bits per heavy atom. The van der Waals surface area contributed by atoms with Crippen LogP contribution in [0, 0.1) is 0 Å². The highest BCUT2D eigenvalue weighted by Crippen LogP contribution is 2.31. The van der Waals surface area contributed by atoms with Crippen molar-refractivity contribution in [3.8, 4) is 5.75 Å². The largest absolute Gasteiger partial charge is 0.497 e. The van der Waals surface area contributed by atoms with Crippen molar-refractivity contribution < 1.29 is 14.0 Å². The number of rotatable bonds is 7. The van der Waals surface area contributed by atoms with E-state index in [1.165, 1.54) is 0 Å². The van der Waals surface area contributed by atoms with Gasteiger partial charge in [-0.1, -0.05) is 49.0 Å². The van der Waals surface area contributed by atoms with Crippen LogP contribution < -0.4 is 4.74 Å². The molecule has 126 valence electrons. The van der Waals surface area contributed by atoms with E-state index in [0.717, 1.165) is 11.3 Å². The molecule has 2 rings (SSSR count). The highest BCUT2D eigenvalue weighted by Gasteiger charge is 2.28. The van der Waals surface area contributed by atoms with Crippen LogP contribution >= 0.6 is 0 Å². The van der Waals surface area contributed by atoms with Crippen molar-refractivity contribution in [2.24, 2.45) is 0 Å². The van der Waals surface area contributed by atoms with Crippen molar-refractivity contribution in [2.75, 3.05) is 7.11 Å². The smallest absolute Gasteiger partial charge is 0.191 e. The molecule has 0 aliphatic carbocycles. The average Bonchev–Trinajstić information content (AvgIpc) is 2.58. The third kappa shape index (κ3) is 4.66. The molecule has 0 fully saturated rings. The molecule has 0 aliphatic heterocycles. The van der Waals surface area contributed by atoms with Gasteiger partial charge in [0.25, 0.3) is 0 Å². The monoisotopic (exact) mass is 340 g/mol.